The molecule has 1 heterocycles. The molecule has 1 atom stereocenters. The van der Waals surface area contributed by atoms with Gasteiger partial charge in [0.1, 0.15) is 0 Å². The summed E-state index contributed by atoms with van der Waals surface area (Å²) in [5.41, 5.74) is 7.16. The highest BCUT2D eigenvalue weighted by atomic mass is 16.2. The molecule has 6 heteroatoms. The average Bonchev–Trinajstić information content (AvgIpc) is 2.77. The van der Waals surface area contributed by atoms with Gasteiger partial charge < -0.3 is 21.0 Å². The lowest BCUT2D eigenvalue weighted by atomic mass is 9.92. The molecule has 0 fully saturated rings. The van der Waals surface area contributed by atoms with Crippen molar-refractivity contribution in [2.45, 2.75) is 26.8 Å². The van der Waals surface area contributed by atoms with E-state index in [1.54, 1.807) is 0 Å². The fourth-order valence-electron chi connectivity index (χ4n) is 1.89. The number of nitrogens with one attached hydrogen (secondary N) is 3. The number of aromatic amines is 2. The van der Waals surface area contributed by atoms with E-state index in [2.05, 4.69) is 15.3 Å². The first-order valence-corrected chi connectivity index (χ1v) is 6.56. The van der Waals surface area contributed by atoms with Gasteiger partial charge in [-0.3, -0.25) is 4.79 Å². The van der Waals surface area contributed by atoms with E-state index in [4.69, 9.17) is 5.73 Å². The van der Waals surface area contributed by atoms with Crippen LogP contribution in [0.2, 0.25) is 0 Å². The van der Waals surface area contributed by atoms with Crippen molar-refractivity contribution in [1.29, 1.82) is 0 Å². The normalized spacial score (nSPS) is 13.4. The molecule has 0 aliphatic rings. The van der Waals surface area contributed by atoms with Crippen LogP contribution >= 0.6 is 0 Å². The minimum absolute atomic E-state index is 0.0878. The van der Waals surface area contributed by atoms with E-state index in [0.717, 1.165) is 16.6 Å². The van der Waals surface area contributed by atoms with Crippen LogP contribution in [0.5, 0.6) is 0 Å². The van der Waals surface area contributed by atoms with Crippen LogP contribution in [0.4, 0.5) is 0 Å². The Hall–Kier alpha value is -2.08. The molecular formula is C14H20N4O2. The molecule has 1 aromatic heterocycles. The number of aromatic nitrogens is 2. The van der Waals surface area contributed by atoms with Gasteiger partial charge in [0.05, 0.1) is 22.5 Å². The van der Waals surface area contributed by atoms with E-state index in [-0.39, 0.29) is 24.2 Å². The minimum Gasteiger partial charge on any atom is -0.349 e. The molecule has 0 aliphatic heterocycles. The highest BCUT2D eigenvalue weighted by Crippen LogP contribution is 2.20. The van der Waals surface area contributed by atoms with E-state index in [0.29, 0.717) is 0 Å². The van der Waals surface area contributed by atoms with Gasteiger partial charge in [-0.15, -0.1) is 0 Å². The maximum Gasteiger partial charge on any atom is 0.323 e. The van der Waals surface area contributed by atoms with Crippen molar-refractivity contribution in [1.82, 2.24) is 15.3 Å². The molecule has 2 rings (SSSR count). The third-order valence-corrected chi connectivity index (χ3v) is 3.51. The van der Waals surface area contributed by atoms with Crippen LogP contribution in [-0.2, 0) is 4.79 Å². The third-order valence-electron chi connectivity index (χ3n) is 3.51. The molecule has 0 saturated carbocycles. The summed E-state index contributed by atoms with van der Waals surface area (Å²) >= 11 is 0. The largest absolute Gasteiger partial charge is 0.349 e. The van der Waals surface area contributed by atoms with Crippen molar-refractivity contribution in [2.75, 3.05) is 6.54 Å². The number of H-pyrrole nitrogens is 2. The van der Waals surface area contributed by atoms with Crippen molar-refractivity contribution in [3.8, 4) is 0 Å². The Labute approximate surface area is 116 Å². The summed E-state index contributed by atoms with van der Waals surface area (Å²) < 4.78 is 0. The number of nitrogens with two attached hydrogens (primary N) is 1. The van der Waals surface area contributed by atoms with Crippen molar-refractivity contribution in [2.24, 2.45) is 11.1 Å². The maximum absolute atomic E-state index is 12.1. The molecule has 5 N–H and O–H groups in total. The first-order valence-electron chi connectivity index (χ1n) is 6.56. The van der Waals surface area contributed by atoms with Crippen molar-refractivity contribution in [3.05, 3.63) is 34.2 Å². The summed E-state index contributed by atoms with van der Waals surface area (Å²) in [6, 6.07) is 5.40. The lowest BCUT2D eigenvalue weighted by Gasteiger charge is -2.24. The number of rotatable bonds is 4. The summed E-state index contributed by atoms with van der Waals surface area (Å²) in [5, 5.41) is 2.94. The van der Waals surface area contributed by atoms with Crippen LogP contribution in [0.1, 0.15) is 32.4 Å². The minimum atomic E-state index is -0.596. The molecule has 1 amide bonds. The van der Waals surface area contributed by atoms with Gasteiger partial charge in [0.25, 0.3) is 0 Å². The summed E-state index contributed by atoms with van der Waals surface area (Å²) in [7, 11) is 0. The highest BCUT2D eigenvalue weighted by Gasteiger charge is 2.27. The Kier molecular flexibility index (Phi) is 3.67. The summed E-state index contributed by atoms with van der Waals surface area (Å²) in [6.07, 6.45) is 0. The number of fused-ring (bicyclic) bond motifs is 1. The highest BCUT2D eigenvalue weighted by molar-refractivity contribution is 5.82. The van der Waals surface area contributed by atoms with Gasteiger partial charge in [0, 0.05) is 6.54 Å². The predicted octanol–water partition coefficient (Wildman–Crippen LogP) is 1.02. The summed E-state index contributed by atoms with van der Waals surface area (Å²) in [4.78, 5) is 28.7. The molecule has 108 valence electrons. The monoisotopic (exact) mass is 276 g/mol. The number of carbonyl (C=O) groups is 1. The molecule has 20 heavy (non-hydrogen) atoms. The molecular weight excluding hydrogens is 256 g/mol. The number of carbonyl (C=O) groups excluding carboxylic acids is 1. The topological polar surface area (TPSA) is 104 Å². The standard InChI is InChI=1S/C14H20N4O2/c1-8(16-12(19)14(2,3)7-15)9-4-5-10-11(6-9)18-13(20)17-10/h4-6,8H,7,15H2,1-3H3,(H,16,19)(H2,17,18,20). The van der Waals surface area contributed by atoms with Crippen LogP contribution in [0.25, 0.3) is 11.0 Å². The zero-order chi connectivity index (χ0) is 14.9. The number of hydrogen-bond donors (Lipinski definition) is 4. The van der Waals surface area contributed by atoms with Gasteiger partial charge in [-0.05, 0) is 38.5 Å². The molecule has 0 radical (unpaired) electrons. The van der Waals surface area contributed by atoms with Crippen molar-refractivity contribution in [3.63, 3.8) is 0 Å². The van der Waals surface area contributed by atoms with Crippen molar-refractivity contribution < 1.29 is 4.79 Å². The first-order chi connectivity index (χ1) is 9.33. The van der Waals surface area contributed by atoms with E-state index < -0.39 is 5.41 Å². The number of amides is 1. The maximum atomic E-state index is 12.1. The number of benzene rings is 1. The van der Waals surface area contributed by atoms with E-state index in [9.17, 15) is 9.59 Å². The van der Waals surface area contributed by atoms with Crippen LogP contribution in [0.3, 0.4) is 0 Å². The number of imidazole rings is 1. The van der Waals surface area contributed by atoms with Gasteiger partial charge in [-0.2, -0.15) is 0 Å². The molecule has 6 nitrogen and oxygen atoms in total. The Morgan fingerprint density at radius 3 is 2.65 bits per heavy atom. The quantitative estimate of drug-likeness (QED) is 0.670. The lowest BCUT2D eigenvalue weighted by Crippen LogP contribution is -2.42. The Bertz CT molecular complexity index is 684. The molecule has 0 saturated heterocycles. The van der Waals surface area contributed by atoms with E-state index in [1.807, 2.05) is 39.0 Å². The fourth-order valence-corrected chi connectivity index (χ4v) is 1.89. The predicted molar refractivity (Wildman–Crippen MR) is 78.3 cm³/mol. The molecule has 1 aromatic carbocycles. The Balaban J connectivity index is 2.21. The second kappa shape index (κ2) is 5.13. The van der Waals surface area contributed by atoms with Crippen LogP contribution in [0.15, 0.2) is 23.0 Å². The molecule has 0 aliphatic carbocycles. The first kappa shape index (κ1) is 14.3. The zero-order valence-electron chi connectivity index (χ0n) is 11.9. The Morgan fingerprint density at radius 2 is 2.00 bits per heavy atom. The van der Waals surface area contributed by atoms with Crippen LogP contribution in [-0.4, -0.2) is 22.4 Å². The Morgan fingerprint density at radius 1 is 1.35 bits per heavy atom. The van der Waals surface area contributed by atoms with Crippen LogP contribution in [0, 0.1) is 5.41 Å². The summed E-state index contributed by atoms with van der Waals surface area (Å²) in [5.74, 6) is -0.0878. The van der Waals surface area contributed by atoms with Gasteiger partial charge in [0.15, 0.2) is 0 Å². The summed E-state index contributed by atoms with van der Waals surface area (Å²) in [6.45, 7) is 5.80. The SMILES string of the molecule is CC(NC(=O)C(C)(C)CN)c1ccc2[nH]c(=O)[nH]c2c1. The van der Waals surface area contributed by atoms with Crippen LogP contribution < -0.4 is 16.7 Å². The van der Waals surface area contributed by atoms with E-state index in [1.165, 1.54) is 0 Å². The smallest absolute Gasteiger partial charge is 0.323 e. The molecule has 2 aromatic rings. The molecule has 1 unspecified atom stereocenters. The average molecular weight is 276 g/mol. The number of hydrogen-bond acceptors (Lipinski definition) is 3. The molecule has 0 spiro atoms. The van der Waals surface area contributed by atoms with E-state index >= 15 is 0 Å². The fraction of sp³-hybridized carbons (Fsp3) is 0.429. The third kappa shape index (κ3) is 2.75. The van der Waals surface area contributed by atoms with Gasteiger partial charge in [-0.25, -0.2) is 4.79 Å². The zero-order valence-corrected chi connectivity index (χ0v) is 11.9. The second-order valence-corrected chi connectivity index (χ2v) is 5.67. The van der Waals surface area contributed by atoms with Gasteiger partial charge >= 0.3 is 5.69 Å². The van der Waals surface area contributed by atoms with Gasteiger partial charge in [0.2, 0.25) is 5.91 Å². The second-order valence-electron chi connectivity index (χ2n) is 5.67. The van der Waals surface area contributed by atoms with Gasteiger partial charge in [-0.1, -0.05) is 6.07 Å². The van der Waals surface area contributed by atoms with Crippen molar-refractivity contribution >= 4 is 16.9 Å². The molecule has 0 bridgehead atoms. The lowest BCUT2D eigenvalue weighted by molar-refractivity contribution is -0.129.